The summed E-state index contributed by atoms with van der Waals surface area (Å²) < 4.78 is 1.73. The van der Waals surface area contributed by atoms with Crippen molar-refractivity contribution in [2.75, 3.05) is 6.54 Å². The van der Waals surface area contributed by atoms with Gasteiger partial charge >= 0.3 is 0 Å². The van der Waals surface area contributed by atoms with Gasteiger partial charge in [0.2, 0.25) is 0 Å². The topological polar surface area (TPSA) is 59.1 Å². The number of aromatic hydroxyl groups is 1. The Morgan fingerprint density at radius 3 is 2.65 bits per heavy atom. The van der Waals surface area contributed by atoms with Gasteiger partial charge in [0, 0.05) is 22.5 Å². The molecule has 0 saturated carbocycles. The van der Waals surface area contributed by atoms with Crippen LogP contribution in [0.4, 0.5) is 0 Å². The summed E-state index contributed by atoms with van der Waals surface area (Å²) in [5.41, 5.74) is 10.5. The molecule has 0 aliphatic rings. The largest absolute Gasteiger partial charge is 0.507 e. The molecule has 0 spiro atoms. The van der Waals surface area contributed by atoms with Crippen LogP contribution in [0, 0.1) is 6.92 Å². The number of hydrogen-bond donors (Lipinski definition) is 2. The number of benzene rings is 2. The van der Waals surface area contributed by atoms with Crippen LogP contribution in [0.1, 0.15) is 24.0 Å². The lowest BCUT2D eigenvalue weighted by molar-refractivity contribution is 0.477. The Hall–Kier alpha value is -2.14. The van der Waals surface area contributed by atoms with E-state index in [9.17, 15) is 5.11 Å². The molecule has 0 bridgehead atoms. The number of hydrogen-bond acceptors (Lipinski definition) is 4. The lowest BCUT2D eigenvalue weighted by Gasteiger charge is -2.14. The van der Waals surface area contributed by atoms with Crippen LogP contribution in [0.25, 0.3) is 32.1 Å². The molecule has 0 aliphatic carbocycles. The minimum Gasteiger partial charge on any atom is -0.507 e. The molecule has 2 heterocycles. The van der Waals surface area contributed by atoms with Crippen LogP contribution in [0.2, 0.25) is 4.34 Å². The fourth-order valence-corrected chi connectivity index (χ4v) is 4.53. The minimum atomic E-state index is 0.256. The van der Waals surface area contributed by atoms with Gasteiger partial charge in [0.15, 0.2) is 0 Å². The summed E-state index contributed by atoms with van der Waals surface area (Å²) in [7, 11) is 0. The SMILES string of the molecule is Cc1cc(O)c(-c2ccc([C@@H](C)CN)cc2)c2c1ncc1sc(Cl)cc12. The summed E-state index contributed by atoms with van der Waals surface area (Å²) >= 11 is 7.75. The van der Waals surface area contributed by atoms with Crippen molar-refractivity contribution in [1.29, 1.82) is 0 Å². The van der Waals surface area contributed by atoms with Crippen molar-refractivity contribution in [2.45, 2.75) is 19.8 Å². The van der Waals surface area contributed by atoms with E-state index >= 15 is 0 Å². The van der Waals surface area contributed by atoms with Gasteiger partial charge in [-0.15, -0.1) is 11.3 Å². The summed E-state index contributed by atoms with van der Waals surface area (Å²) in [4.78, 5) is 4.63. The highest BCUT2D eigenvalue weighted by molar-refractivity contribution is 7.22. The molecular weight excluding hydrogens is 364 g/mol. The van der Waals surface area contributed by atoms with Crippen LogP contribution in [0.3, 0.4) is 0 Å². The first kappa shape index (κ1) is 17.3. The lowest BCUT2D eigenvalue weighted by Crippen LogP contribution is -2.08. The molecule has 2 aromatic carbocycles. The van der Waals surface area contributed by atoms with Gasteiger partial charge in [-0.2, -0.15) is 0 Å². The molecule has 4 rings (SSSR count). The Kier molecular flexibility index (Phi) is 4.35. The van der Waals surface area contributed by atoms with Gasteiger partial charge in [-0.3, -0.25) is 4.98 Å². The molecular formula is C21H19ClN2OS. The van der Waals surface area contributed by atoms with Crippen molar-refractivity contribution in [3.63, 3.8) is 0 Å². The number of halogens is 1. The van der Waals surface area contributed by atoms with Crippen LogP contribution >= 0.6 is 22.9 Å². The second-order valence-electron chi connectivity index (χ2n) is 6.66. The predicted molar refractivity (Wildman–Crippen MR) is 111 cm³/mol. The number of rotatable bonds is 3. The van der Waals surface area contributed by atoms with Gasteiger partial charge in [-0.1, -0.05) is 42.8 Å². The number of phenolic OH excluding ortho intramolecular Hbond substituents is 1. The molecule has 4 aromatic rings. The summed E-state index contributed by atoms with van der Waals surface area (Å²) in [6.07, 6.45) is 1.86. The Balaban J connectivity index is 2.04. The zero-order chi connectivity index (χ0) is 18.4. The Bertz CT molecular complexity index is 1120. The Morgan fingerprint density at radius 2 is 1.96 bits per heavy atom. The highest BCUT2D eigenvalue weighted by Gasteiger charge is 2.17. The normalized spacial score (nSPS) is 12.8. The molecule has 0 radical (unpaired) electrons. The van der Waals surface area contributed by atoms with E-state index in [2.05, 4.69) is 24.0 Å². The summed E-state index contributed by atoms with van der Waals surface area (Å²) in [6.45, 7) is 4.68. The molecule has 2 aromatic heterocycles. The van der Waals surface area contributed by atoms with Gasteiger partial charge in [-0.05, 0) is 48.2 Å². The number of phenols is 1. The molecule has 0 aliphatic heterocycles. The van der Waals surface area contributed by atoms with Crippen LogP contribution in [0.5, 0.6) is 5.75 Å². The number of aryl methyl sites for hydroxylation is 1. The van der Waals surface area contributed by atoms with Crippen molar-refractivity contribution in [3.8, 4) is 16.9 Å². The van der Waals surface area contributed by atoms with Gasteiger partial charge < -0.3 is 10.8 Å². The third kappa shape index (κ3) is 2.75. The van der Waals surface area contributed by atoms with Crippen LogP contribution in [0.15, 0.2) is 42.6 Å². The van der Waals surface area contributed by atoms with E-state index in [1.807, 2.05) is 31.3 Å². The molecule has 26 heavy (non-hydrogen) atoms. The van der Waals surface area contributed by atoms with E-state index in [1.54, 1.807) is 6.07 Å². The number of nitrogens with zero attached hydrogens (tertiary/aromatic N) is 1. The van der Waals surface area contributed by atoms with E-state index in [1.165, 1.54) is 16.9 Å². The van der Waals surface area contributed by atoms with Gasteiger partial charge in [-0.25, -0.2) is 0 Å². The molecule has 0 unspecified atom stereocenters. The molecule has 1 atom stereocenters. The number of pyridine rings is 1. The smallest absolute Gasteiger partial charge is 0.124 e. The minimum absolute atomic E-state index is 0.256. The average Bonchev–Trinajstić information content (AvgIpc) is 3.02. The average molecular weight is 383 g/mol. The van der Waals surface area contributed by atoms with E-state index in [-0.39, 0.29) is 5.75 Å². The van der Waals surface area contributed by atoms with E-state index in [0.717, 1.165) is 37.7 Å². The summed E-state index contributed by atoms with van der Waals surface area (Å²) in [6, 6.07) is 12.0. The van der Waals surface area contributed by atoms with E-state index in [4.69, 9.17) is 17.3 Å². The molecule has 0 fully saturated rings. The molecule has 0 amide bonds. The number of nitrogens with two attached hydrogens (primary N) is 1. The van der Waals surface area contributed by atoms with E-state index < -0.39 is 0 Å². The van der Waals surface area contributed by atoms with Crippen molar-refractivity contribution < 1.29 is 5.11 Å². The highest BCUT2D eigenvalue weighted by Crippen LogP contribution is 2.43. The standard InChI is InChI=1S/C21H19ClN2OS/c1-11-7-16(25)19(14-5-3-13(4-6-14)12(2)9-23)20-15-8-18(22)26-17(15)10-24-21(11)20/h3-8,10,12,25H,9,23H2,1-2H3/t12-/m0/s1. The van der Waals surface area contributed by atoms with Crippen molar-refractivity contribution in [1.82, 2.24) is 4.98 Å². The summed E-state index contributed by atoms with van der Waals surface area (Å²) in [5.74, 6) is 0.558. The fourth-order valence-electron chi connectivity index (χ4n) is 3.41. The number of aromatic nitrogens is 1. The number of fused-ring (bicyclic) bond motifs is 3. The molecule has 3 nitrogen and oxygen atoms in total. The van der Waals surface area contributed by atoms with Crippen LogP contribution in [-0.2, 0) is 0 Å². The fraction of sp³-hybridized carbons (Fsp3) is 0.190. The molecule has 3 N–H and O–H groups in total. The maximum absolute atomic E-state index is 10.8. The Labute approximate surface area is 161 Å². The third-order valence-electron chi connectivity index (χ3n) is 4.90. The van der Waals surface area contributed by atoms with Crippen molar-refractivity contribution >= 4 is 43.9 Å². The van der Waals surface area contributed by atoms with E-state index in [0.29, 0.717) is 16.8 Å². The Morgan fingerprint density at radius 1 is 1.23 bits per heavy atom. The maximum atomic E-state index is 10.8. The second-order valence-corrected chi connectivity index (χ2v) is 8.37. The van der Waals surface area contributed by atoms with Crippen molar-refractivity contribution in [2.24, 2.45) is 5.73 Å². The molecule has 0 saturated heterocycles. The maximum Gasteiger partial charge on any atom is 0.124 e. The van der Waals surface area contributed by atoms with Gasteiger partial charge in [0.25, 0.3) is 0 Å². The second kappa shape index (κ2) is 6.54. The molecule has 5 heteroatoms. The van der Waals surface area contributed by atoms with Crippen molar-refractivity contribution in [3.05, 3.63) is 58.1 Å². The quantitative estimate of drug-likeness (QED) is 0.467. The zero-order valence-electron chi connectivity index (χ0n) is 14.6. The first-order chi connectivity index (χ1) is 12.5. The monoisotopic (exact) mass is 382 g/mol. The highest BCUT2D eigenvalue weighted by atomic mass is 35.5. The van der Waals surface area contributed by atoms with Gasteiger partial charge in [0.05, 0.1) is 14.6 Å². The first-order valence-corrected chi connectivity index (χ1v) is 9.69. The number of thiophene rings is 1. The van der Waals surface area contributed by atoms with Crippen LogP contribution in [-0.4, -0.2) is 16.6 Å². The predicted octanol–water partition coefficient (Wildman–Crippen LogP) is 5.85. The lowest BCUT2D eigenvalue weighted by atomic mass is 9.93. The summed E-state index contributed by atoms with van der Waals surface area (Å²) in [5, 5.41) is 12.7. The first-order valence-electron chi connectivity index (χ1n) is 8.50. The third-order valence-corrected chi connectivity index (χ3v) is 6.10. The van der Waals surface area contributed by atoms with Gasteiger partial charge in [0.1, 0.15) is 5.75 Å². The molecule has 132 valence electrons. The van der Waals surface area contributed by atoms with Crippen LogP contribution < -0.4 is 5.73 Å². The zero-order valence-corrected chi connectivity index (χ0v) is 16.2.